The third kappa shape index (κ3) is 8.77. The third-order valence-electron chi connectivity index (χ3n) is 3.68. The van der Waals surface area contributed by atoms with Gasteiger partial charge in [0.2, 0.25) is 0 Å². The lowest BCUT2D eigenvalue weighted by atomic mass is 10.0. The van der Waals surface area contributed by atoms with E-state index in [1.54, 1.807) is 0 Å². The van der Waals surface area contributed by atoms with E-state index in [1.165, 1.54) is 20.8 Å². The van der Waals surface area contributed by atoms with E-state index in [4.69, 9.17) is 23.7 Å². The van der Waals surface area contributed by atoms with Gasteiger partial charge in [-0.25, -0.2) is 0 Å². The minimum atomic E-state index is -1.33. The van der Waals surface area contributed by atoms with Gasteiger partial charge in [-0.2, -0.15) is 0 Å². The van der Waals surface area contributed by atoms with Crippen LogP contribution in [0, 0.1) is 0 Å². The van der Waals surface area contributed by atoms with Crippen molar-refractivity contribution in [3.8, 4) is 0 Å². The van der Waals surface area contributed by atoms with Gasteiger partial charge in [-0.3, -0.25) is 14.4 Å². The third-order valence-corrected chi connectivity index (χ3v) is 5.39. The van der Waals surface area contributed by atoms with Crippen LogP contribution in [0.5, 0.6) is 0 Å². The Hall–Kier alpha value is -1.45. The molecule has 0 unspecified atom stereocenters. The maximum Gasteiger partial charge on any atom is 0.303 e. The Bertz CT molecular complexity index is 501. The highest BCUT2D eigenvalue weighted by molar-refractivity contribution is 6.76. The van der Waals surface area contributed by atoms with Gasteiger partial charge in [0.15, 0.2) is 12.4 Å². The maximum atomic E-state index is 11.5. The van der Waals surface area contributed by atoms with Gasteiger partial charge in [-0.05, 0) is 6.04 Å². The van der Waals surface area contributed by atoms with E-state index in [9.17, 15) is 14.4 Å². The van der Waals surface area contributed by atoms with E-state index in [0.717, 1.165) is 6.04 Å². The zero-order valence-electron chi connectivity index (χ0n) is 16.4. The highest BCUT2D eigenvalue weighted by atomic mass is 28.3. The van der Waals surface area contributed by atoms with Crippen molar-refractivity contribution in [2.45, 2.75) is 77.5 Å². The molecule has 0 saturated carbocycles. The number of hydrogen-bond acceptors (Lipinski definition) is 8. The van der Waals surface area contributed by atoms with Gasteiger partial charge < -0.3 is 23.7 Å². The minimum Gasteiger partial charge on any atom is -0.463 e. The van der Waals surface area contributed by atoms with Crippen LogP contribution in [0.3, 0.4) is 0 Å². The summed E-state index contributed by atoms with van der Waals surface area (Å²) in [6.07, 6.45) is -2.78. The van der Waals surface area contributed by atoms with Crippen LogP contribution in [0.4, 0.5) is 0 Å². The van der Waals surface area contributed by atoms with Crippen LogP contribution in [0.15, 0.2) is 0 Å². The van der Waals surface area contributed by atoms with E-state index in [1.807, 2.05) is 0 Å². The van der Waals surface area contributed by atoms with Gasteiger partial charge in [0, 0.05) is 41.9 Å². The van der Waals surface area contributed by atoms with Crippen molar-refractivity contribution in [2.24, 2.45) is 0 Å². The van der Waals surface area contributed by atoms with Crippen LogP contribution in [-0.2, 0) is 38.1 Å². The van der Waals surface area contributed by atoms with Crippen molar-refractivity contribution >= 4 is 26.0 Å². The Kier molecular flexibility index (Phi) is 8.71. The molecule has 9 heteroatoms. The molecule has 0 aromatic rings. The molecule has 0 amide bonds. The number of hydrogen-bond donors (Lipinski definition) is 0. The first-order valence-corrected chi connectivity index (χ1v) is 12.4. The minimum absolute atomic E-state index is 0.00771. The molecule has 1 saturated heterocycles. The number of rotatable bonds is 8. The van der Waals surface area contributed by atoms with E-state index >= 15 is 0 Å². The normalized spacial score (nSPS) is 26.1. The Labute approximate surface area is 155 Å². The quantitative estimate of drug-likeness (QED) is 0.352. The van der Waals surface area contributed by atoms with Gasteiger partial charge in [0.25, 0.3) is 0 Å². The van der Waals surface area contributed by atoms with Crippen molar-refractivity contribution in [1.82, 2.24) is 0 Å². The van der Waals surface area contributed by atoms with Crippen LogP contribution >= 0.6 is 0 Å². The summed E-state index contributed by atoms with van der Waals surface area (Å²) >= 11 is 0. The van der Waals surface area contributed by atoms with Crippen molar-refractivity contribution < 1.29 is 38.1 Å². The average molecular weight is 391 g/mol. The number of ether oxygens (including phenoxy) is 5. The van der Waals surface area contributed by atoms with E-state index in [2.05, 4.69) is 19.6 Å². The molecule has 0 bridgehead atoms. The van der Waals surface area contributed by atoms with Gasteiger partial charge in [0.05, 0.1) is 6.10 Å². The average Bonchev–Trinajstić information content (AvgIpc) is 2.46. The molecule has 8 nitrogen and oxygen atoms in total. The highest BCUT2D eigenvalue weighted by Crippen LogP contribution is 2.27. The van der Waals surface area contributed by atoms with Crippen molar-refractivity contribution in [3.05, 3.63) is 0 Å². The fourth-order valence-electron chi connectivity index (χ4n) is 2.48. The summed E-state index contributed by atoms with van der Waals surface area (Å²) < 4.78 is 27.3. The van der Waals surface area contributed by atoms with Crippen LogP contribution in [0.2, 0.25) is 25.7 Å². The lowest BCUT2D eigenvalue weighted by Crippen LogP contribution is -2.54. The van der Waals surface area contributed by atoms with E-state index in [0.29, 0.717) is 6.61 Å². The molecule has 26 heavy (non-hydrogen) atoms. The predicted octanol–water partition coefficient (Wildman–Crippen LogP) is 1.88. The highest BCUT2D eigenvalue weighted by Gasteiger charge is 2.44. The molecule has 1 aliphatic rings. The van der Waals surface area contributed by atoms with Crippen LogP contribution in [-0.4, -0.2) is 63.8 Å². The summed E-state index contributed by atoms with van der Waals surface area (Å²) in [5.74, 6) is -1.45. The van der Waals surface area contributed by atoms with Crippen molar-refractivity contribution in [3.63, 3.8) is 0 Å². The van der Waals surface area contributed by atoms with Gasteiger partial charge in [0.1, 0.15) is 12.7 Å². The second kappa shape index (κ2) is 10.0. The molecular formula is C17H30O8Si. The van der Waals surface area contributed by atoms with Gasteiger partial charge in [-0.1, -0.05) is 19.6 Å². The van der Waals surface area contributed by atoms with Gasteiger partial charge in [-0.15, -0.1) is 0 Å². The zero-order chi connectivity index (χ0) is 19.9. The molecule has 1 rings (SSSR count). The molecule has 1 fully saturated rings. The van der Waals surface area contributed by atoms with Gasteiger partial charge >= 0.3 is 17.9 Å². The standard InChI is InChI=1S/C17H30O8Si/c1-11(18)22-10-14-9-15(23-12(2)19)16(24-13(3)20)17(25-14)21-7-8-26(4,5)6/h14-17H,7-10H2,1-6H3/t14-,15-,16+,17-/m0/s1. The predicted molar refractivity (Wildman–Crippen MR) is 95.1 cm³/mol. The topological polar surface area (TPSA) is 97.4 Å². The summed E-state index contributed by atoms with van der Waals surface area (Å²) in [7, 11) is -1.33. The molecular weight excluding hydrogens is 360 g/mol. The molecule has 0 aromatic carbocycles. The molecule has 0 radical (unpaired) electrons. The lowest BCUT2D eigenvalue weighted by Gasteiger charge is -2.40. The van der Waals surface area contributed by atoms with E-state index in [-0.39, 0.29) is 13.0 Å². The Morgan fingerprint density at radius 1 is 1.00 bits per heavy atom. The Morgan fingerprint density at radius 3 is 2.12 bits per heavy atom. The Balaban J connectivity index is 2.88. The number of carbonyl (C=O) groups excluding carboxylic acids is 3. The SMILES string of the molecule is CC(=O)OC[C@@H]1C[C@H](OC(C)=O)[C@@H](OC(C)=O)[C@@H](OCC[Si](C)(C)C)O1. The first kappa shape index (κ1) is 22.6. The van der Waals surface area contributed by atoms with Crippen molar-refractivity contribution in [1.29, 1.82) is 0 Å². The lowest BCUT2D eigenvalue weighted by molar-refractivity contribution is -0.278. The second-order valence-corrected chi connectivity index (χ2v) is 13.2. The molecule has 4 atom stereocenters. The van der Waals surface area contributed by atoms with E-state index < -0.39 is 50.6 Å². The molecule has 0 N–H and O–H groups in total. The zero-order valence-corrected chi connectivity index (χ0v) is 17.4. The number of esters is 3. The van der Waals surface area contributed by atoms with Crippen LogP contribution in [0.25, 0.3) is 0 Å². The first-order chi connectivity index (χ1) is 12.0. The molecule has 0 aliphatic carbocycles. The summed E-state index contributed by atoms with van der Waals surface area (Å²) in [5.41, 5.74) is 0. The Morgan fingerprint density at radius 2 is 1.62 bits per heavy atom. The first-order valence-electron chi connectivity index (χ1n) is 8.73. The molecule has 1 heterocycles. The summed E-state index contributed by atoms with van der Waals surface area (Å²) in [5, 5.41) is 0. The molecule has 150 valence electrons. The summed E-state index contributed by atoms with van der Waals surface area (Å²) in [4.78, 5) is 34.0. The van der Waals surface area contributed by atoms with Crippen LogP contribution < -0.4 is 0 Å². The largest absolute Gasteiger partial charge is 0.463 e. The molecule has 0 spiro atoms. The second-order valence-electron chi connectivity index (χ2n) is 7.57. The smallest absolute Gasteiger partial charge is 0.303 e. The van der Waals surface area contributed by atoms with Crippen molar-refractivity contribution in [2.75, 3.05) is 13.2 Å². The number of carbonyl (C=O) groups is 3. The molecule has 1 aliphatic heterocycles. The van der Waals surface area contributed by atoms with Crippen LogP contribution in [0.1, 0.15) is 27.2 Å². The fourth-order valence-corrected chi connectivity index (χ4v) is 3.21. The monoisotopic (exact) mass is 390 g/mol. The fraction of sp³-hybridized carbons (Fsp3) is 0.824. The summed E-state index contributed by atoms with van der Waals surface area (Å²) in [6.45, 7) is 10.9. The maximum absolute atomic E-state index is 11.5. The molecule has 0 aromatic heterocycles. The summed E-state index contributed by atoms with van der Waals surface area (Å²) in [6, 6.07) is 0.895.